The largest absolute Gasteiger partial charge is 0.504 e. The van der Waals surface area contributed by atoms with E-state index in [-0.39, 0.29) is 23.4 Å². The van der Waals surface area contributed by atoms with Crippen LogP contribution >= 0.6 is 11.6 Å². The number of hydrogen-bond acceptors (Lipinski definition) is 2. The second kappa shape index (κ2) is 4.39. The maximum absolute atomic E-state index is 13.8. The Balaban J connectivity index is 2.67. The molecule has 1 fully saturated rings. The van der Waals surface area contributed by atoms with Crippen LogP contribution in [0.3, 0.4) is 0 Å². The Bertz CT molecular complexity index is 511. The summed E-state index contributed by atoms with van der Waals surface area (Å²) in [7, 11) is 0. The molecule has 2 N–H and O–H groups in total. The highest BCUT2D eigenvalue weighted by atomic mass is 35.5. The lowest BCUT2D eigenvalue weighted by atomic mass is 9.78. The third-order valence-electron chi connectivity index (χ3n) is 3.52. The SMILES string of the molecule is O=C(O)C1(c2cc(Cl)c(O)c(F)c2F)CCCC1. The number of phenolic OH excluding ortho intramolecular Hbond substituents is 1. The molecule has 0 aliphatic heterocycles. The number of carbonyl (C=O) groups is 1. The number of benzene rings is 1. The fourth-order valence-electron chi connectivity index (χ4n) is 2.51. The van der Waals surface area contributed by atoms with Crippen LogP contribution in [0.4, 0.5) is 8.78 Å². The summed E-state index contributed by atoms with van der Waals surface area (Å²) in [6.07, 6.45) is 1.73. The van der Waals surface area contributed by atoms with Crippen molar-refractivity contribution in [2.24, 2.45) is 0 Å². The fourth-order valence-corrected chi connectivity index (χ4v) is 2.70. The molecule has 0 radical (unpaired) electrons. The van der Waals surface area contributed by atoms with Gasteiger partial charge in [0.05, 0.1) is 10.4 Å². The third-order valence-corrected chi connectivity index (χ3v) is 3.80. The predicted octanol–water partition coefficient (Wildman–Crippen LogP) is 3.22. The van der Waals surface area contributed by atoms with Crippen LogP contribution in [0.15, 0.2) is 6.07 Å². The van der Waals surface area contributed by atoms with Gasteiger partial charge in [0.1, 0.15) is 0 Å². The van der Waals surface area contributed by atoms with E-state index in [4.69, 9.17) is 11.6 Å². The van der Waals surface area contributed by atoms with Crippen molar-refractivity contribution >= 4 is 17.6 Å². The molecule has 1 aliphatic rings. The molecule has 0 spiro atoms. The zero-order chi connectivity index (χ0) is 13.5. The van der Waals surface area contributed by atoms with E-state index in [2.05, 4.69) is 0 Å². The van der Waals surface area contributed by atoms with Gasteiger partial charge in [0.15, 0.2) is 11.6 Å². The maximum Gasteiger partial charge on any atom is 0.314 e. The van der Waals surface area contributed by atoms with E-state index in [1.807, 2.05) is 0 Å². The molecule has 18 heavy (non-hydrogen) atoms. The number of aliphatic carboxylic acids is 1. The van der Waals surface area contributed by atoms with Gasteiger partial charge in [0.2, 0.25) is 5.82 Å². The molecule has 0 aromatic heterocycles. The molecule has 1 aromatic carbocycles. The predicted molar refractivity (Wildman–Crippen MR) is 60.8 cm³/mol. The Morgan fingerprint density at radius 2 is 1.83 bits per heavy atom. The lowest BCUT2D eigenvalue weighted by Crippen LogP contribution is -2.34. The lowest BCUT2D eigenvalue weighted by Gasteiger charge is -2.25. The van der Waals surface area contributed by atoms with Crippen molar-refractivity contribution in [1.29, 1.82) is 0 Å². The summed E-state index contributed by atoms with van der Waals surface area (Å²) in [5.74, 6) is -5.01. The second-order valence-electron chi connectivity index (χ2n) is 4.48. The highest BCUT2D eigenvalue weighted by Crippen LogP contribution is 2.45. The smallest absolute Gasteiger partial charge is 0.314 e. The van der Waals surface area contributed by atoms with Gasteiger partial charge in [-0.05, 0) is 18.9 Å². The first kappa shape index (κ1) is 13.1. The molecule has 0 unspecified atom stereocenters. The van der Waals surface area contributed by atoms with Crippen molar-refractivity contribution in [2.75, 3.05) is 0 Å². The number of phenols is 1. The Morgan fingerprint density at radius 3 is 2.33 bits per heavy atom. The van der Waals surface area contributed by atoms with Crippen LogP contribution in [0.25, 0.3) is 0 Å². The van der Waals surface area contributed by atoms with Crippen molar-refractivity contribution in [2.45, 2.75) is 31.1 Å². The number of rotatable bonds is 2. The summed E-state index contributed by atoms with van der Waals surface area (Å²) in [5.41, 5.74) is -1.73. The quantitative estimate of drug-likeness (QED) is 0.816. The number of hydrogen-bond donors (Lipinski definition) is 2. The first-order valence-electron chi connectivity index (χ1n) is 5.50. The third kappa shape index (κ3) is 1.73. The number of halogens is 3. The number of carboxylic acid groups (broad SMARTS) is 1. The van der Waals surface area contributed by atoms with Crippen molar-refractivity contribution in [3.8, 4) is 5.75 Å². The zero-order valence-electron chi connectivity index (χ0n) is 9.34. The van der Waals surface area contributed by atoms with Gasteiger partial charge < -0.3 is 10.2 Å². The van der Waals surface area contributed by atoms with E-state index < -0.39 is 28.8 Å². The molecule has 1 aliphatic carbocycles. The van der Waals surface area contributed by atoms with E-state index in [0.29, 0.717) is 12.8 Å². The van der Waals surface area contributed by atoms with Gasteiger partial charge in [0.25, 0.3) is 0 Å². The minimum atomic E-state index is -1.50. The molecular formula is C12H11ClF2O3. The van der Waals surface area contributed by atoms with Gasteiger partial charge in [-0.3, -0.25) is 4.79 Å². The molecule has 0 atom stereocenters. The summed E-state index contributed by atoms with van der Waals surface area (Å²) in [6, 6.07) is 1.01. The topological polar surface area (TPSA) is 57.5 Å². The summed E-state index contributed by atoms with van der Waals surface area (Å²) in [5, 5.41) is 18.1. The normalized spacial score (nSPS) is 17.9. The lowest BCUT2D eigenvalue weighted by molar-refractivity contribution is -0.143. The van der Waals surface area contributed by atoms with Crippen LogP contribution in [-0.2, 0) is 10.2 Å². The van der Waals surface area contributed by atoms with Gasteiger partial charge in [-0.25, -0.2) is 4.39 Å². The summed E-state index contributed by atoms with van der Waals surface area (Å²) in [6.45, 7) is 0. The van der Waals surface area contributed by atoms with Crippen molar-refractivity contribution < 1.29 is 23.8 Å². The van der Waals surface area contributed by atoms with Crippen molar-refractivity contribution in [1.82, 2.24) is 0 Å². The Hall–Kier alpha value is -1.36. The van der Waals surface area contributed by atoms with E-state index in [0.717, 1.165) is 6.07 Å². The Kier molecular flexibility index (Phi) is 3.19. The minimum absolute atomic E-state index is 0.236. The van der Waals surface area contributed by atoms with Gasteiger partial charge in [-0.1, -0.05) is 24.4 Å². The molecule has 0 saturated heterocycles. The Labute approximate surface area is 107 Å². The van der Waals surface area contributed by atoms with Crippen LogP contribution in [0.1, 0.15) is 31.2 Å². The first-order chi connectivity index (χ1) is 8.40. The molecule has 3 nitrogen and oxygen atoms in total. The van der Waals surface area contributed by atoms with E-state index in [1.165, 1.54) is 0 Å². The van der Waals surface area contributed by atoms with E-state index in [9.17, 15) is 23.8 Å². The molecule has 0 heterocycles. The van der Waals surface area contributed by atoms with Gasteiger partial charge in [0, 0.05) is 5.56 Å². The molecular weight excluding hydrogens is 266 g/mol. The van der Waals surface area contributed by atoms with Gasteiger partial charge in [-0.2, -0.15) is 4.39 Å². The summed E-state index contributed by atoms with van der Waals surface area (Å²) >= 11 is 5.59. The molecule has 6 heteroatoms. The molecule has 2 rings (SSSR count). The van der Waals surface area contributed by atoms with Crippen molar-refractivity contribution in [3.63, 3.8) is 0 Å². The average Bonchev–Trinajstić information content (AvgIpc) is 2.81. The molecule has 1 saturated carbocycles. The monoisotopic (exact) mass is 276 g/mol. The highest BCUT2D eigenvalue weighted by molar-refractivity contribution is 6.32. The summed E-state index contributed by atoms with van der Waals surface area (Å²) < 4.78 is 27.3. The first-order valence-corrected chi connectivity index (χ1v) is 5.88. The van der Waals surface area contributed by atoms with Gasteiger partial charge in [-0.15, -0.1) is 0 Å². The minimum Gasteiger partial charge on any atom is -0.504 e. The van der Waals surface area contributed by atoms with Crippen LogP contribution in [-0.4, -0.2) is 16.2 Å². The molecule has 0 bridgehead atoms. The highest BCUT2D eigenvalue weighted by Gasteiger charge is 2.46. The van der Waals surface area contributed by atoms with E-state index >= 15 is 0 Å². The van der Waals surface area contributed by atoms with Crippen LogP contribution in [0, 0.1) is 11.6 Å². The number of aromatic hydroxyl groups is 1. The molecule has 98 valence electrons. The number of carboxylic acids is 1. The Morgan fingerprint density at radius 1 is 1.28 bits per heavy atom. The molecule has 0 amide bonds. The van der Waals surface area contributed by atoms with Crippen LogP contribution in [0.2, 0.25) is 5.02 Å². The van der Waals surface area contributed by atoms with Crippen LogP contribution < -0.4 is 0 Å². The van der Waals surface area contributed by atoms with Crippen LogP contribution in [0.5, 0.6) is 5.75 Å². The molecule has 1 aromatic rings. The standard InChI is InChI=1S/C12H11ClF2O3/c13-7-5-6(8(14)9(15)10(7)16)12(11(17)18)3-1-2-4-12/h5,16H,1-4H2,(H,17,18). The van der Waals surface area contributed by atoms with E-state index in [1.54, 1.807) is 0 Å². The maximum atomic E-state index is 13.8. The fraction of sp³-hybridized carbons (Fsp3) is 0.417. The average molecular weight is 277 g/mol. The van der Waals surface area contributed by atoms with Crippen molar-refractivity contribution in [3.05, 3.63) is 28.3 Å². The zero-order valence-corrected chi connectivity index (χ0v) is 10.1. The summed E-state index contributed by atoms with van der Waals surface area (Å²) in [4.78, 5) is 11.4. The second-order valence-corrected chi connectivity index (χ2v) is 4.88. The van der Waals surface area contributed by atoms with Gasteiger partial charge >= 0.3 is 5.97 Å².